The molecule has 0 radical (unpaired) electrons. The molecule has 1 N–H and O–H groups in total. The summed E-state index contributed by atoms with van der Waals surface area (Å²) >= 11 is 1.57. The van der Waals surface area contributed by atoms with Crippen LogP contribution in [0.5, 0.6) is 0 Å². The van der Waals surface area contributed by atoms with E-state index in [9.17, 15) is 8.42 Å². The highest BCUT2D eigenvalue weighted by molar-refractivity contribution is 7.88. The van der Waals surface area contributed by atoms with Crippen molar-refractivity contribution < 1.29 is 8.42 Å². The molecular formula is C15H17NO2S2. The van der Waals surface area contributed by atoms with Crippen molar-refractivity contribution in [3.8, 4) is 0 Å². The second kappa shape index (κ2) is 5.31. The first-order valence-corrected chi connectivity index (χ1v) is 9.42. The van der Waals surface area contributed by atoms with Gasteiger partial charge in [0, 0.05) is 4.88 Å². The van der Waals surface area contributed by atoms with Crippen molar-refractivity contribution in [2.45, 2.75) is 25.3 Å². The number of aryl methyl sites for hydroxylation is 2. The molecule has 3 rings (SSSR count). The van der Waals surface area contributed by atoms with Crippen LogP contribution in [0, 0.1) is 0 Å². The number of hydrogen-bond acceptors (Lipinski definition) is 3. The van der Waals surface area contributed by atoms with E-state index in [0.29, 0.717) is 0 Å². The van der Waals surface area contributed by atoms with Crippen LogP contribution < -0.4 is 4.72 Å². The summed E-state index contributed by atoms with van der Waals surface area (Å²) in [7, 11) is -3.25. The summed E-state index contributed by atoms with van der Waals surface area (Å²) in [5, 5.41) is 1.97. The van der Waals surface area contributed by atoms with E-state index >= 15 is 0 Å². The Balaban J connectivity index is 2.01. The summed E-state index contributed by atoms with van der Waals surface area (Å²) in [5.41, 5.74) is 3.79. The van der Waals surface area contributed by atoms with E-state index in [1.807, 2.05) is 23.6 Å². The third kappa shape index (κ3) is 2.95. The molecule has 0 amide bonds. The third-order valence-corrected chi connectivity index (χ3v) is 5.22. The van der Waals surface area contributed by atoms with Crippen molar-refractivity contribution in [2.75, 3.05) is 6.26 Å². The first-order valence-electron chi connectivity index (χ1n) is 6.65. The Labute approximate surface area is 123 Å². The quantitative estimate of drug-likeness (QED) is 0.944. The van der Waals surface area contributed by atoms with E-state index in [4.69, 9.17) is 0 Å². The molecule has 1 aromatic carbocycles. The van der Waals surface area contributed by atoms with E-state index in [1.165, 1.54) is 23.8 Å². The lowest BCUT2D eigenvalue weighted by Gasteiger charge is -2.17. The molecule has 1 heterocycles. The Kier molecular flexibility index (Phi) is 3.67. The van der Waals surface area contributed by atoms with Gasteiger partial charge in [0.2, 0.25) is 10.0 Å². The Morgan fingerprint density at radius 3 is 2.70 bits per heavy atom. The molecule has 1 aliphatic rings. The molecule has 1 atom stereocenters. The van der Waals surface area contributed by atoms with Gasteiger partial charge < -0.3 is 0 Å². The third-order valence-electron chi connectivity index (χ3n) is 3.62. The van der Waals surface area contributed by atoms with Crippen LogP contribution in [0.2, 0.25) is 0 Å². The number of hydrogen-bond donors (Lipinski definition) is 1. The Morgan fingerprint density at radius 2 is 2.00 bits per heavy atom. The molecule has 0 aliphatic heterocycles. The van der Waals surface area contributed by atoms with Crippen molar-refractivity contribution in [1.29, 1.82) is 0 Å². The zero-order valence-electron chi connectivity index (χ0n) is 11.3. The van der Waals surface area contributed by atoms with Crippen LogP contribution in [0.3, 0.4) is 0 Å². The molecule has 0 spiro atoms. The number of nitrogens with one attached hydrogen (secondary N) is 1. The van der Waals surface area contributed by atoms with Crippen molar-refractivity contribution in [3.63, 3.8) is 0 Å². The van der Waals surface area contributed by atoms with Crippen molar-refractivity contribution in [2.24, 2.45) is 0 Å². The van der Waals surface area contributed by atoms with Crippen LogP contribution in [0.1, 0.15) is 34.0 Å². The summed E-state index contributed by atoms with van der Waals surface area (Å²) in [4.78, 5) is 1.02. The minimum Gasteiger partial charge on any atom is -0.213 e. The van der Waals surface area contributed by atoms with E-state index in [0.717, 1.165) is 23.3 Å². The topological polar surface area (TPSA) is 46.2 Å². The Morgan fingerprint density at radius 1 is 1.20 bits per heavy atom. The van der Waals surface area contributed by atoms with Gasteiger partial charge in [-0.3, -0.25) is 0 Å². The molecular weight excluding hydrogens is 290 g/mol. The lowest BCUT2D eigenvalue weighted by Crippen LogP contribution is -2.27. The van der Waals surface area contributed by atoms with Crippen LogP contribution in [0.25, 0.3) is 0 Å². The SMILES string of the molecule is CS(=O)(=O)NC(c1ccc2c(c1)CCC2)c1cccs1. The van der Waals surface area contributed by atoms with Crippen LogP contribution in [0.4, 0.5) is 0 Å². The van der Waals surface area contributed by atoms with Gasteiger partial charge in [-0.15, -0.1) is 11.3 Å². The largest absolute Gasteiger partial charge is 0.213 e. The van der Waals surface area contributed by atoms with Crippen molar-refractivity contribution in [1.82, 2.24) is 4.72 Å². The fraction of sp³-hybridized carbons (Fsp3) is 0.333. The number of sulfonamides is 1. The summed E-state index contributed by atoms with van der Waals surface area (Å²) in [5.74, 6) is 0. The lowest BCUT2D eigenvalue weighted by molar-refractivity contribution is 0.579. The predicted molar refractivity (Wildman–Crippen MR) is 82.6 cm³/mol. The molecule has 1 aliphatic carbocycles. The molecule has 0 bridgehead atoms. The minimum atomic E-state index is -3.25. The molecule has 0 saturated heterocycles. The predicted octanol–water partition coefficient (Wildman–Crippen LogP) is 2.88. The van der Waals surface area contributed by atoms with Gasteiger partial charge in [0.15, 0.2) is 0 Å². The Bertz CT molecular complexity index is 705. The number of rotatable bonds is 4. The smallest absolute Gasteiger partial charge is 0.209 e. The van der Waals surface area contributed by atoms with Gasteiger partial charge in [0.1, 0.15) is 0 Å². The fourth-order valence-electron chi connectivity index (χ4n) is 2.73. The molecule has 3 nitrogen and oxygen atoms in total. The highest BCUT2D eigenvalue weighted by Crippen LogP contribution is 2.30. The average molecular weight is 307 g/mol. The van der Waals surface area contributed by atoms with Gasteiger partial charge >= 0.3 is 0 Å². The van der Waals surface area contributed by atoms with Crippen molar-refractivity contribution in [3.05, 3.63) is 57.3 Å². The molecule has 1 unspecified atom stereocenters. The maximum Gasteiger partial charge on any atom is 0.209 e. The minimum absolute atomic E-state index is 0.282. The van der Waals surface area contributed by atoms with E-state index in [1.54, 1.807) is 11.3 Å². The number of fused-ring (bicyclic) bond motifs is 1. The van der Waals surface area contributed by atoms with Gasteiger partial charge in [-0.05, 0) is 47.4 Å². The number of thiophene rings is 1. The number of benzene rings is 1. The van der Waals surface area contributed by atoms with Crippen LogP contribution in [0.15, 0.2) is 35.7 Å². The van der Waals surface area contributed by atoms with Crippen LogP contribution in [-0.4, -0.2) is 14.7 Å². The first-order chi connectivity index (χ1) is 9.53. The maximum absolute atomic E-state index is 11.6. The zero-order chi connectivity index (χ0) is 14.2. The fourth-order valence-corrected chi connectivity index (χ4v) is 4.30. The lowest BCUT2D eigenvalue weighted by atomic mass is 10.0. The molecule has 1 aromatic heterocycles. The second-order valence-corrected chi connectivity index (χ2v) is 7.98. The van der Waals surface area contributed by atoms with Gasteiger partial charge in [-0.25, -0.2) is 13.1 Å². The molecule has 0 fully saturated rings. The molecule has 2 aromatic rings. The normalized spacial score (nSPS) is 16.1. The highest BCUT2D eigenvalue weighted by atomic mass is 32.2. The van der Waals surface area contributed by atoms with Gasteiger partial charge in [-0.2, -0.15) is 0 Å². The van der Waals surface area contributed by atoms with Crippen LogP contribution in [-0.2, 0) is 22.9 Å². The molecule has 20 heavy (non-hydrogen) atoms. The van der Waals surface area contributed by atoms with E-state index in [2.05, 4.69) is 16.9 Å². The summed E-state index contributed by atoms with van der Waals surface area (Å²) in [6, 6.07) is 9.99. The van der Waals surface area contributed by atoms with Gasteiger partial charge in [0.25, 0.3) is 0 Å². The van der Waals surface area contributed by atoms with E-state index in [-0.39, 0.29) is 6.04 Å². The molecule has 0 saturated carbocycles. The van der Waals surface area contributed by atoms with E-state index < -0.39 is 10.0 Å². The summed E-state index contributed by atoms with van der Waals surface area (Å²) in [6.45, 7) is 0. The van der Waals surface area contributed by atoms with Crippen molar-refractivity contribution >= 4 is 21.4 Å². The van der Waals surface area contributed by atoms with Crippen LogP contribution >= 0.6 is 11.3 Å². The molecule has 5 heteroatoms. The molecule has 106 valence electrons. The summed E-state index contributed by atoms with van der Waals surface area (Å²) < 4.78 is 26.0. The summed E-state index contributed by atoms with van der Waals surface area (Å²) in [6.07, 6.45) is 4.64. The Hall–Kier alpha value is -1.17. The van der Waals surface area contributed by atoms with Gasteiger partial charge in [0.05, 0.1) is 12.3 Å². The maximum atomic E-state index is 11.6. The van der Waals surface area contributed by atoms with Gasteiger partial charge in [-0.1, -0.05) is 24.3 Å². The first kappa shape index (κ1) is 13.8. The zero-order valence-corrected chi connectivity index (χ0v) is 12.9. The monoisotopic (exact) mass is 307 g/mol. The standard InChI is InChI=1S/C15H17NO2S2/c1-20(17,18)16-15(14-6-3-9-19-14)13-8-7-11-4-2-5-12(11)10-13/h3,6-10,15-16H,2,4-5H2,1H3. The average Bonchev–Trinajstić information content (AvgIpc) is 3.05. The highest BCUT2D eigenvalue weighted by Gasteiger charge is 2.21. The second-order valence-electron chi connectivity index (χ2n) is 5.22.